The van der Waals surface area contributed by atoms with E-state index in [0.29, 0.717) is 6.42 Å². The van der Waals surface area contributed by atoms with Gasteiger partial charge < -0.3 is 5.32 Å². The zero-order valence-electron chi connectivity index (χ0n) is 12.9. The van der Waals surface area contributed by atoms with Crippen LogP contribution in [0.5, 0.6) is 0 Å². The number of hydrogen-bond acceptors (Lipinski definition) is 2. The Morgan fingerprint density at radius 3 is 2.19 bits per heavy atom. The van der Waals surface area contributed by atoms with Gasteiger partial charge in [-0.25, -0.2) is 0 Å². The molecule has 21 heavy (non-hydrogen) atoms. The van der Waals surface area contributed by atoms with Gasteiger partial charge in [0.05, 0.1) is 6.04 Å². The third-order valence-electron chi connectivity index (χ3n) is 3.28. The summed E-state index contributed by atoms with van der Waals surface area (Å²) in [6, 6.07) is 9.81. The van der Waals surface area contributed by atoms with Crippen molar-refractivity contribution in [1.29, 1.82) is 0 Å². The molecule has 0 radical (unpaired) electrons. The Morgan fingerprint density at radius 2 is 1.71 bits per heavy atom. The minimum absolute atomic E-state index is 0. The number of benzene rings is 1. The molecular formula is C18H29NO2. The molecule has 0 saturated heterocycles. The van der Waals surface area contributed by atoms with Gasteiger partial charge >= 0.3 is 0 Å². The van der Waals surface area contributed by atoms with Gasteiger partial charge in [-0.3, -0.25) is 9.59 Å². The Hall–Kier alpha value is -1.64. The lowest BCUT2D eigenvalue weighted by atomic mass is 9.94. The zero-order chi connectivity index (χ0) is 15.2. The van der Waals surface area contributed by atoms with Crippen LogP contribution in [0.25, 0.3) is 0 Å². The highest BCUT2D eigenvalue weighted by Gasteiger charge is 2.25. The lowest BCUT2D eigenvalue weighted by molar-refractivity contribution is -0.132. The Bertz CT molecular complexity index is 446. The summed E-state index contributed by atoms with van der Waals surface area (Å²) in [6.45, 7) is 7.09. The van der Waals surface area contributed by atoms with Crippen LogP contribution in [0.1, 0.15) is 53.5 Å². The van der Waals surface area contributed by atoms with Crippen molar-refractivity contribution in [2.75, 3.05) is 0 Å². The van der Waals surface area contributed by atoms with E-state index in [1.807, 2.05) is 39.0 Å². The molecule has 0 saturated carbocycles. The van der Waals surface area contributed by atoms with Gasteiger partial charge in [0.15, 0.2) is 5.78 Å². The first-order valence-corrected chi connectivity index (χ1v) is 7.16. The average molecular weight is 291 g/mol. The minimum atomic E-state index is -0.465. The standard InChI is InChI=1S/C17H25NO2.CH4/c1-13(19)15(18-16(20)17(2,3)4)12-8-11-14-9-6-5-7-10-14;/h5-7,9-10,15H,8,11-12H2,1-4H3,(H,18,20);1H4/t15-;/m1./s1. The maximum Gasteiger partial charge on any atom is 0.225 e. The van der Waals surface area contributed by atoms with E-state index in [-0.39, 0.29) is 25.2 Å². The molecule has 0 fully saturated rings. The summed E-state index contributed by atoms with van der Waals surface area (Å²) in [5.74, 6) is -0.0481. The van der Waals surface area contributed by atoms with Crippen LogP contribution in [-0.2, 0) is 16.0 Å². The number of hydrogen-bond donors (Lipinski definition) is 1. The lowest BCUT2D eigenvalue weighted by Crippen LogP contribution is -2.45. The van der Waals surface area contributed by atoms with E-state index in [1.165, 1.54) is 12.5 Å². The predicted molar refractivity (Wildman–Crippen MR) is 88.2 cm³/mol. The molecule has 1 N–H and O–H groups in total. The topological polar surface area (TPSA) is 46.2 Å². The summed E-state index contributed by atoms with van der Waals surface area (Å²) in [6.07, 6.45) is 2.50. The van der Waals surface area contributed by atoms with Crippen molar-refractivity contribution in [2.45, 2.75) is 60.4 Å². The molecule has 1 amide bonds. The van der Waals surface area contributed by atoms with Crippen LogP contribution in [0.4, 0.5) is 0 Å². The molecule has 1 rings (SSSR count). The second-order valence-electron chi connectivity index (χ2n) is 6.26. The first kappa shape index (κ1) is 19.4. The molecule has 0 spiro atoms. The molecule has 0 bridgehead atoms. The van der Waals surface area contributed by atoms with Crippen LogP contribution in [0.15, 0.2) is 30.3 Å². The molecule has 118 valence electrons. The maximum absolute atomic E-state index is 11.9. The Morgan fingerprint density at radius 1 is 1.14 bits per heavy atom. The summed E-state index contributed by atoms with van der Waals surface area (Å²) in [4.78, 5) is 23.6. The van der Waals surface area contributed by atoms with Crippen molar-refractivity contribution in [2.24, 2.45) is 5.41 Å². The first-order chi connectivity index (χ1) is 9.30. The number of ketones is 1. The third-order valence-corrected chi connectivity index (χ3v) is 3.28. The minimum Gasteiger partial charge on any atom is -0.346 e. The van der Waals surface area contributed by atoms with Gasteiger partial charge in [-0.1, -0.05) is 58.5 Å². The Labute approximate surface area is 129 Å². The number of carbonyl (C=O) groups is 2. The van der Waals surface area contributed by atoms with Gasteiger partial charge in [0.1, 0.15) is 0 Å². The van der Waals surface area contributed by atoms with Crippen molar-refractivity contribution in [3.8, 4) is 0 Å². The lowest BCUT2D eigenvalue weighted by Gasteiger charge is -2.22. The predicted octanol–water partition coefficient (Wildman–Crippen LogP) is 3.77. The maximum atomic E-state index is 11.9. The molecule has 1 atom stereocenters. The number of amides is 1. The first-order valence-electron chi connectivity index (χ1n) is 7.16. The number of aryl methyl sites for hydroxylation is 1. The van der Waals surface area contributed by atoms with Crippen LogP contribution in [-0.4, -0.2) is 17.7 Å². The van der Waals surface area contributed by atoms with Crippen molar-refractivity contribution < 1.29 is 9.59 Å². The molecule has 1 aromatic rings. The largest absolute Gasteiger partial charge is 0.346 e. The third kappa shape index (κ3) is 7.07. The quantitative estimate of drug-likeness (QED) is 0.867. The molecule has 0 aliphatic carbocycles. The van der Waals surface area contributed by atoms with Crippen LogP contribution < -0.4 is 5.32 Å². The van der Waals surface area contributed by atoms with Gasteiger partial charge in [-0.2, -0.15) is 0 Å². The van der Waals surface area contributed by atoms with E-state index < -0.39 is 5.41 Å². The van der Waals surface area contributed by atoms with Gasteiger partial charge in [0, 0.05) is 5.41 Å². The van der Waals surface area contributed by atoms with Crippen LogP contribution in [0.2, 0.25) is 0 Å². The molecule has 0 aliphatic heterocycles. The molecule has 3 heteroatoms. The van der Waals surface area contributed by atoms with E-state index in [9.17, 15) is 9.59 Å². The second kappa shape index (κ2) is 8.60. The normalized spacial score (nSPS) is 12.2. The summed E-state index contributed by atoms with van der Waals surface area (Å²) in [7, 11) is 0. The van der Waals surface area contributed by atoms with Gasteiger partial charge in [-0.15, -0.1) is 0 Å². The zero-order valence-corrected chi connectivity index (χ0v) is 12.9. The Kier molecular flexibility index (Phi) is 7.93. The van der Waals surface area contributed by atoms with E-state index in [2.05, 4.69) is 17.4 Å². The van der Waals surface area contributed by atoms with Gasteiger partial charge in [0.2, 0.25) is 5.91 Å². The number of Topliss-reactive ketones (excluding diaryl/α,β-unsaturated/α-hetero) is 1. The van der Waals surface area contributed by atoms with Crippen molar-refractivity contribution in [3.05, 3.63) is 35.9 Å². The summed E-state index contributed by atoms with van der Waals surface area (Å²) < 4.78 is 0. The van der Waals surface area contributed by atoms with Crippen LogP contribution >= 0.6 is 0 Å². The number of carbonyl (C=O) groups excluding carboxylic acids is 2. The van der Waals surface area contributed by atoms with Crippen molar-refractivity contribution in [1.82, 2.24) is 5.32 Å². The van der Waals surface area contributed by atoms with Crippen molar-refractivity contribution >= 4 is 11.7 Å². The highest BCUT2D eigenvalue weighted by molar-refractivity contribution is 5.89. The number of nitrogens with one attached hydrogen (secondary N) is 1. The van der Waals surface area contributed by atoms with E-state index in [4.69, 9.17) is 0 Å². The number of rotatable bonds is 6. The van der Waals surface area contributed by atoms with Gasteiger partial charge in [-0.05, 0) is 31.7 Å². The second-order valence-corrected chi connectivity index (χ2v) is 6.26. The van der Waals surface area contributed by atoms with Crippen LogP contribution in [0, 0.1) is 5.41 Å². The highest BCUT2D eigenvalue weighted by Crippen LogP contribution is 2.14. The van der Waals surface area contributed by atoms with E-state index >= 15 is 0 Å². The Balaban J connectivity index is 0.00000400. The molecule has 1 aromatic carbocycles. The summed E-state index contributed by atoms with van der Waals surface area (Å²) in [5.41, 5.74) is 0.796. The van der Waals surface area contributed by atoms with Gasteiger partial charge in [0.25, 0.3) is 0 Å². The van der Waals surface area contributed by atoms with E-state index in [0.717, 1.165) is 12.8 Å². The molecule has 0 aliphatic rings. The SMILES string of the molecule is C.CC(=O)[C@@H](CCCc1ccccc1)NC(=O)C(C)(C)C. The summed E-state index contributed by atoms with van der Waals surface area (Å²) in [5, 5.41) is 2.85. The highest BCUT2D eigenvalue weighted by atomic mass is 16.2. The monoisotopic (exact) mass is 291 g/mol. The van der Waals surface area contributed by atoms with E-state index in [1.54, 1.807) is 0 Å². The molecule has 0 unspecified atom stereocenters. The molecular weight excluding hydrogens is 262 g/mol. The fourth-order valence-corrected chi connectivity index (χ4v) is 1.91. The summed E-state index contributed by atoms with van der Waals surface area (Å²) >= 11 is 0. The molecule has 0 heterocycles. The smallest absolute Gasteiger partial charge is 0.225 e. The average Bonchev–Trinajstić information content (AvgIpc) is 2.37. The fourth-order valence-electron chi connectivity index (χ4n) is 1.91. The van der Waals surface area contributed by atoms with Crippen molar-refractivity contribution in [3.63, 3.8) is 0 Å². The fraction of sp³-hybridized carbons (Fsp3) is 0.556. The van der Waals surface area contributed by atoms with Crippen LogP contribution in [0.3, 0.4) is 0 Å². The molecule has 0 aromatic heterocycles. The molecule has 3 nitrogen and oxygen atoms in total.